The lowest BCUT2D eigenvalue weighted by atomic mass is 9.99. The molecule has 0 saturated carbocycles. The van der Waals surface area contributed by atoms with Crippen molar-refractivity contribution in [2.75, 3.05) is 13.1 Å². The van der Waals surface area contributed by atoms with Crippen molar-refractivity contribution in [3.8, 4) is 0 Å². The van der Waals surface area contributed by atoms with Gasteiger partial charge >= 0.3 is 0 Å². The summed E-state index contributed by atoms with van der Waals surface area (Å²) in [6.45, 7) is 7.03. The molecule has 0 aromatic heterocycles. The molecule has 0 spiro atoms. The quantitative estimate of drug-likeness (QED) is 0.862. The molecule has 5 heteroatoms. The van der Waals surface area contributed by atoms with Gasteiger partial charge in [-0.3, -0.25) is 4.79 Å². The van der Waals surface area contributed by atoms with Gasteiger partial charge < -0.3 is 4.90 Å². The first-order valence-electron chi connectivity index (χ1n) is 7.45. The second kappa shape index (κ2) is 6.18. The Morgan fingerprint density at radius 3 is 2.38 bits per heavy atom. The Hall–Kier alpha value is -1.36. The summed E-state index contributed by atoms with van der Waals surface area (Å²) in [5.41, 5.74) is 0.562. The van der Waals surface area contributed by atoms with E-state index in [1.807, 2.05) is 4.90 Å². The van der Waals surface area contributed by atoms with Crippen molar-refractivity contribution in [2.45, 2.75) is 43.8 Å². The van der Waals surface area contributed by atoms with Crippen molar-refractivity contribution in [3.05, 3.63) is 29.8 Å². The lowest BCUT2D eigenvalue weighted by Gasteiger charge is -2.31. The van der Waals surface area contributed by atoms with E-state index in [4.69, 9.17) is 0 Å². The van der Waals surface area contributed by atoms with Gasteiger partial charge in [0.1, 0.15) is 0 Å². The van der Waals surface area contributed by atoms with Crippen LogP contribution in [0, 0.1) is 5.92 Å². The highest BCUT2D eigenvalue weighted by Crippen LogP contribution is 2.20. The number of nitrogens with zero attached hydrogens (tertiary/aromatic N) is 1. The number of piperidine rings is 1. The van der Waals surface area contributed by atoms with Gasteiger partial charge in [-0.25, -0.2) is 8.42 Å². The molecule has 0 bridgehead atoms. The molecule has 1 amide bonds. The van der Waals surface area contributed by atoms with Crippen LogP contribution in [0.3, 0.4) is 0 Å². The van der Waals surface area contributed by atoms with E-state index < -0.39 is 15.1 Å². The Labute approximate surface area is 127 Å². The molecule has 1 atom stereocenters. The van der Waals surface area contributed by atoms with Gasteiger partial charge in [0.05, 0.1) is 10.1 Å². The molecule has 1 aliphatic rings. The Bertz CT molecular complexity index is 605. The van der Waals surface area contributed by atoms with Crippen LogP contribution < -0.4 is 0 Å². The second-order valence-corrected chi connectivity index (χ2v) is 8.62. The van der Waals surface area contributed by atoms with Crippen LogP contribution in [0.5, 0.6) is 0 Å². The fourth-order valence-electron chi connectivity index (χ4n) is 2.62. The van der Waals surface area contributed by atoms with Crippen molar-refractivity contribution in [1.82, 2.24) is 4.90 Å². The van der Waals surface area contributed by atoms with Crippen molar-refractivity contribution >= 4 is 15.7 Å². The van der Waals surface area contributed by atoms with Crippen molar-refractivity contribution < 1.29 is 13.2 Å². The van der Waals surface area contributed by atoms with E-state index in [1.54, 1.807) is 26.0 Å². The highest BCUT2D eigenvalue weighted by molar-refractivity contribution is 7.92. The largest absolute Gasteiger partial charge is 0.338 e. The zero-order valence-corrected chi connectivity index (χ0v) is 13.7. The Morgan fingerprint density at radius 2 is 1.86 bits per heavy atom. The maximum absolute atomic E-state index is 12.4. The molecule has 116 valence electrons. The summed E-state index contributed by atoms with van der Waals surface area (Å²) in [5, 5.41) is -0.456. The zero-order valence-electron chi connectivity index (χ0n) is 12.9. The topological polar surface area (TPSA) is 54.5 Å². The van der Waals surface area contributed by atoms with Gasteiger partial charge in [-0.2, -0.15) is 0 Å². The minimum atomic E-state index is -3.28. The number of hydrogen-bond donors (Lipinski definition) is 0. The van der Waals surface area contributed by atoms with E-state index in [-0.39, 0.29) is 10.8 Å². The lowest BCUT2D eigenvalue weighted by molar-refractivity contribution is 0.0683. The van der Waals surface area contributed by atoms with E-state index in [1.165, 1.54) is 12.1 Å². The Kier molecular flexibility index (Phi) is 4.71. The molecule has 0 N–H and O–H groups in total. The van der Waals surface area contributed by atoms with E-state index >= 15 is 0 Å². The molecule has 4 nitrogen and oxygen atoms in total. The SMILES string of the molecule is CC1CCCN(C(=O)c2ccc(S(=O)(=O)C(C)C)cc2)C1. The summed E-state index contributed by atoms with van der Waals surface area (Å²) < 4.78 is 24.1. The first-order valence-corrected chi connectivity index (χ1v) is 9.00. The van der Waals surface area contributed by atoms with Crippen LogP contribution in [-0.4, -0.2) is 37.6 Å². The summed E-state index contributed by atoms with van der Waals surface area (Å²) >= 11 is 0. The standard InChI is InChI=1S/C16H23NO3S/c1-12(2)21(19,20)15-8-6-14(7-9-15)16(18)17-10-4-5-13(3)11-17/h6-9,12-13H,4-5,10-11H2,1-3H3. The fraction of sp³-hybridized carbons (Fsp3) is 0.562. The van der Waals surface area contributed by atoms with E-state index in [0.717, 1.165) is 25.9 Å². The molecule has 1 aliphatic heterocycles. The van der Waals surface area contributed by atoms with Gasteiger partial charge in [-0.1, -0.05) is 6.92 Å². The number of hydrogen-bond acceptors (Lipinski definition) is 3. The number of rotatable bonds is 3. The highest BCUT2D eigenvalue weighted by Gasteiger charge is 2.23. The Morgan fingerprint density at radius 1 is 1.24 bits per heavy atom. The first kappa shape index (κ1) is 16.0. The predicted molar refractivity (Wildman–Crippen MR) is 83.1 cm³/mol. The third-order valence-electron chi connectivity index (χ3n) is 3.99. The van der Waals surface area contributed by atoms with Crippen LogP contribution in [0.2, 0.25) is 0 Å². The summed E-state index contributed by atoms with van der Waals surface area (Å²) in [6.07, 6.45) is 2.20. The molecule has 1 aromatic carbocycles. The summed E-state index contributed by atoms with van der Waals surface area (Å²) in [5.74, 6) is 0.526. The number of carbonyl (C=O) groups is 1. The van der Waals surface area contributed by atoms with Crippen LogP contribution in [0.25, 0.3) is 0 Å². The van der Waals surface area contributed by atoms with E-state index in [9.17, 15) is 13.2 Å². The van der Waals surface area contributed by atoms with Crippen LogP contribution >= 0.6 is 0 Å². The molecule has 1 aromatic rings. The molecule has 0 aliphatic carbocycles. The lowest BCUT2D eigenvalue weighted by Crippen LogP contribution is -2.39. The van der Waals surface area contributed by atoms with Crippen LogP contribution in [-0.2, 0) is 9.84 Å². The van der Waals surface area contributed by atoms with Gasteiger partial charge in [-0.05, 0) is 56.9 Å². The van der Waals surface area contributed by atoms with Gasteiger partial charge in [-0.15, -0.1) is 0 Å². The van der Waals surface area contributed by atoms with Crippen LogP contribution in [0.1, 0.15) is 44.0 Å². The third kappa shape index (κ3) is 3.46. The molecular formula is C16H23NO3S. The Balaban J connectivity index is 2.17. The second-order valence-electron chi connectivity index (χ2n) is 6.12. The van der Waals surface area contributed by atoms with E-state index in [0.29, 0.717) is 11.5 Å². The van der Waals surface area contributed by atoms with E-state index in [2.05, 4.69) is 6.92 Å². The van der Waals surface area contributed by atoms with Crippen LogP contribution in [0.4, 0.5) is 0 Å². The zero-order chi connectivity index (χ0) is 15.6. The minimum Gasteiger partial charge on any atom is -0.338 e. The van der Waals surface area contributed by atoms with Crippen LogP contribution in [0.15, 0.2) is 29.2 Å². The maximum atomic E-state index is 12.4. The number of sulfone groups is 1. The third-order valence-corrected chi connectivity index (χ3v) is 6.17. The fourth-order valence-corrected chi connectivity index (χ4v) is 3.68. The molecule has 1 unspecified atom stereocenters. The molecule has 21 heavy (non-hydrogen) atoms. The number of likely N-dealkylation sites (tertiary alicyclic amines) is 1. The van der Waals surface area contributed by atoms with Gasteiger partial charge in [0.25, 0.3) is 5.91 Å². The average Bonchev–Trinajstić information content (AvgIpc) is 2.46. The summed E-state index contributed by atoms with van der Waals surface area (Å²) in [6, 6.07) is 6.32. The maximum Gasteiger partial charge on any atom is 0.253 e. The highest BCUT2D eigenvalue weighted by atomic mass is 32.2. The minimum absolute atomic E-state index is 0.00459. The van der Waals surface area contributed by atoms with Gasteiger partial charge in [0.2, 0.25) is 0 Å². The number of carbonyl (C=O) groups excluding carboxylic acids is 1. The first-order chi connectivity index (χ1) is 9.82. The molecule has 2 rings (SSSR count). The van der Waals surface area contributed by atoms with Crippen molar-refractivity contribution in [3.63, 3.8) is 0 Å². The molecule has 1 fully saturated rings. The molecule has 1 heterocycles. The molecule has 0 radical (unpaired) electrons. The number of amides is 1. The van der Waals surface area contributed by atoms with Gasteiger partial charge in [0.15, 0.2) is 9.84 Å². The summed E-state index contributed by atoms with van der Waals surface area (Å²) in [4.78, 5) is 14.6. The smallest absolute Gasteiger partial charge is 0.253 e. The van der Waals surface area contributed by atoms with Gasteiger partial charge in [0, 0.05) is 18.7 Å². The predicted octanol–water partition coefficient (Wildman–Crippen LogP) is 2.74. The number of benzene rings is 1. The monoisotopic (exact) mass is 309 g/mol. The average molecular weight is 309 g/mol. The van der Waals surface area contributed by atoms with Crippen molar-refractivity contribution in [1.29, 1.82) is 0 Å². The normalized spacial score (nSPS) is 19.8. The molecule has 1 saturated heterocycles. The summed E-state index contributed by atoms with van der Waals surface area (Å²) in [7, 11) is -3.28. The van der Waals surface area contributed by atoms with Crippen molar-refractivity contribution in [2.24, 2.45) is 5.92 Å². The molecular weight excluding hydrogens is 286 g/mol.